The maximum absolute atomic E-state index is 14.5. The number of hydrogen-bond acceptors (Lipinski definition) is 6. The topological polar surface area (TPSA) is 113 Å². The number of nitrogens with zero attached hydrogens (tertiary/aromatic N) is 3. The average molecular weight is 548 g/mol. The molecule has 3 aliphatic rings. The van der Waals surface area contributed by atoms with E-state index in [4.69, 9.17) is 4.98 Å². The van der Waals surface area contributed by atoms with Gasteiger partial charge in [-0.3, -0.25) is 29.1 Å². The first-order chi connectivity index (χ1) is 19.7. The Balaban J connectivity index is 1.45. The van der Waals surface area contributed by atoms with E-state index in [1.165, 1.54) is 11.8 Å². The Morgan fingerprint density at radius 1 is 0.976 bits per heavy atom. The zero-order valence-electron chi connectivity index (χ0n) is 22.9. The molecule has 1 spiro atoms. The van der Waals surface area contributed by atoms with Gasteiger partial charge in [-0.25, -0.2) is 9.88 Å². The molecule has 0 aliphatic carbocycles. The van der Waals surface area contributed by atoms with E-state index in [0.29, 0.717) is 40.2 Å². The highest BCUT2D eigenvalue weighted by Crippen LogP contribution is 2.56. The number of hydrogen-bond donors (Lipinski definition) is 2. The number of aromatic nitrogens is 2. The molecule has 2 saturated heterocycles. The molecular formula is C32H29N5O4. The Morgan fingerprint density at radius 2 is 1.68 bits per heavy atom. The summed E-state index contributed by atoms with van der Waals surface area (Å²) in [6.07, 6.45) is 0.664. The maximum atomic E-state index is 14.5. The largest absolute Gasteiger partial charge is 0.326 e. The van der Waals surface area contributed by atoms with Gasteiger partial charge in [0, 0.05) is 24.2 Å². The monoisotopic (exact) mass is 547 g/mol. The Morgan fingerprint density at radius 3 is 2.41 bits per heavy atom. The number of anilines is 2. The number of benzene rings is 3. The first-order valence-electron chi connectivity index (χ1n) is 13.9. The molecule has 4 atom stereocenters. The van der Waals surface area contributed by atoms with Gasteiger partial charge in [0.15, 0.2) is 0 Å². The number of fused-ring (bicyclic) bond motifs is 8. The molecule has 3 aromatic carbocycles. The van der Waals surface area contributed by atoms with Crippen molar-refractivity contribution in [2.75, 3.05) is 10.2 Å². The van der Waals surface area contributed by atoms with E-state index >= 15 is 0 Å². The van der Waals surface area contributed by atoms with Crippen LogP contribution < -0.4 is 21.1 Å². The lowest BCUT2D eigenvalue weighted by molar-refractivity contribution is -0.123. The van der Waals surface area contributed by atoms with Gasteiger partial charge in [-0.1, -0.05) is 44.2 Å². The zero-order valence-corrected chi connectivity index (χ0v) is 22.9. The molecule has 0 radical (unpaired) electrons. The van der Waals surface area contributed by atoms with Crippen molar-refractivity contribution < 1.29 is 14.4 Å². The van der Waals surface area contributed by atoms with Gasteiger partial charge in [0.05, 0.1) is 34.1 Å². The molecule has 0 saturated carbocycles. The highest BCUT2D eigenvalue weighted by atomic mass is 16.2. The molecule has 206 valence electrons. The van der Waals surface area contributed by atoms with Gasteiger partial charge in [-0.2, -0.15) is 0 Å². The molecule has 9 nitrogen and oxygen atoms in total. The number of para-hydroxylation sites is 2. The SMILES string of the molecule is CC(=O)Nc1ccc(N2C(=O)[C@@H]3[C@@H](CC(C)C)N[C@]4(c5ccccc5-n5c4nc4ccccc4c5=O)[C@H]3C2=O)cc1. The predicted molar refractivity (Wildman–Crippen MR) is 155 cm³/mol. The number of nitrogens with one attached hydrogen (secondary N) is 2. The minimum atomic E-state index is -1.17. The Kier molecular flexibility index (Phi) is 5.53. The molecule has 41 heavy (non-hydrogen) atoms. The molecular weight excluding hydrogens is 518 g/mol. The molecule has 2 fully saturated rings. The highest BCUT2D eigenvalue weighted by Gasteiger charge is 2.69. The minimum Gasteiger partial charge on any atom is -0.326 e. The van der Waals surface area contributed by atoms with Gasteiger partial charge in [0.2, 0.25) is 17.7 Å². The minimum absolute atomic E-state index is 0.206. The summed E-state index contributed by atoms with van der Waals surface area (Å²) in [7, 11) is 0. The third-order valence-corrected chi connectivity index (χ3v) is 8.53. The normalized spacial score (nSPS) is 24.3. The van der Waals surface area contributed by atoms with Crippen LogP contribution in [0.3, 0.4) is 0 Å². The van der Waals surface area contributed by atoms with Crippen LogP contribution in [0.5, 0.6) is 0 Å². The van der Waals surface area contributed by atoms with E-state index in [2.05, 4.69) is 24.5 Å². The Bertz CT molecular complexity index is 1830. The third-order valence-electron chi connectivity index (χ3n) is 8.53. The summed E-state index contributed by atoms with van der Waals surface area (Å²) in [5.41, 5.74) is 1.63. The van der Waals surface area contributed by atoms with Gasteiger partial charge in [-0.15, -0.1) is 0 Å². The van der Waals surface area contributed by atoms with Crippen molar-refractivity contribution in [3.8, 4) is 5.69 Å². The average Bonchev–Trinajstić information content (AvgIpc) is 3.52. The summed E-state index contributed by atoms with van der Waals surface area (Å²) in [6.45, 7) is 5.60. The molecule has 4 aromatic rings. The Hall–Kier alpha value is -4.63. The van der Waals surface area contributed by atoms with Crippen LogP contribution in [-0.2, 0) is 19.9 Å². The summed E-state index contributed by atoms with van der Waals surface area (Å²) in [5, 5.41) is 6.94. The lowest BCUT2D eigenvalue weighted by Gasteiger charge is -2.32. The first-order valence-corrected chi connectivity index (χ1v) is 13.9. The second-order valence-electron chi connectivity index (χ2n) is 11.5. The lowest BCUT2D eigenvalue weighted by Crippen LogP contribution is -2.50. The van der Waals surface area contributed by atoms with Crippen LogP contribution in [0, 0.1) is 17.8 Å². The van der Waals surface area contributed by atoms with E-state index < -0.39 is 17.4 Å². The van der Waals surface area contributed by atoms with Gasteiger partial charge >= 0.3 is 0 Å². The summed E-state index contributed by atoms with van der Waals surface area (Å²) in [5.74, 6) is -1.59. The maximum Gasteiger partial charge on any atom is 0.266 e. The second-order valence-corrected chi connectivity index (χ2v) is 11.5. The smallest absolute Gasteiger partial charge is 0.266 e. The first kappa shape index (κ1) is 25.3. The molecule has 4 heterocycles. The predicted octanol–water partition coefficient (Wildman–Crippen LogP) is 3.72. The molecule has 2 N–H and O–H groups in total. The fourth-order valence-corrected chi connectivity index (χ4v) is 7.08. The summed E-state index contributed by atoms with van der Waals surface area (Å²) >= 11 is 0. The zero-order chi connectivity index (χ0) is 28.6. The fraction of sp³-hybridized carbons (Fsp3) is 0.281. The molecule has 0 bridgehead atoms. The molecule has 0 unspecified atom stereocenters. The summed E-state index contributed by atoms with van der Waals surface area (Å²) in [6, 6.07) is 21.2. The highest BCUT2D eigenvalue weighted by molar-refractivity contribution is 6.23. The van der Waals surface area contributed by atoms with Gasteiger partial charge < -0.3 is 5.32 Å². The van der Waals surface area contributed by atoms with Crippen molar-refractivity contribution >= 4 is 40.0 Å². The molecule has 7 rings (SSSR count). The van der Waals surface area contributed by atoms with E-state index in [1.807, 2.05) is 36.4 Å². The van der Waals surface area contributed by atoms with Gasteiger partial charge in [0.1, 0.15) is 11.4 Å². The number of amides is 3. The van der Waals surface area contributed by atoms with Crippen LogP contribution in [0.15, 0.2) is 77.6 Å². The van der Waals surface area contributed by atoms with Crippen molar-refractivity contribution in [2.45, 2.75) is 38.8 Å². The van der Waals surface area contributed by atoms with Crippen LogP contribution in [0.2, 0.25) is 0 Å². The molecule has 1 aromatic heterocycles. The third kappa shape index (κ3) is 3.48. The van der Waals surface area contributed by atoms with Crippen molar-refractivity contribution in [2.24, 2.45) is 17.8 Å². The lowest BCUT2D eigenvalue weighted by atomic mass is 9.75. The standard InChI is InChI=1S/C32H29N5O4/c1-17(2)16-24-26-27(30(41)36(29(26)40)20-14-12-19(13-15-20)33-18(3)38)32(35-24)22-9-5-7-11-25(22)37-28(39)21-8-4-6-10-23(21)34-31(32)37/h4-15,17,24,26-27,35H,16H2,1-3H3,(H,33,38)/t24-,26-,27-,32-/m1/s1. The van der Waals surface area contributed by atoms with Crippen LogP contribution in [0.1, 0.15) is 38.6 Å². The summed E-state index contributed by atoms with van der Waals surface area (Å²) in [4.78, 5) is 60.4. The summed E-state index contributed by atoms with van der Waals surface area (Å²) < 4.78 is 1.61. The molecule has 3 amide bonds. The van der Waals surface area contributed by atoms with Crippen molar-refractivity contribution in [1.82, 2.24) is 14.9 Å². The van der Waals surface area contributed by atoms with Crippen LogP contribution in [0.25, 0.3) is 16.6 Å². The van der Waals surface area contributed by atoms with Gasteiger partial charge in [0.25, 0.3) is 5.56 Å². The van der Waals surface area contributed by atoms with Crippen LogP contribution >= 0.6 is 0 Å². The molecule has 9 heteroatoms. The van der Waals surface area contributed by atoms with E-state index in [1.54, 1.807) is 41.0 Å². The second kappa shape index (κ2) is 8.94. The number of carbonyl (C=O) groups is 3. The van der Waals surface area contributed by atoms with Crippen molar-refractivity contribution in [1.29, 1.82) is 0 Å². The van der Waals surface area contributed by atoms with Crippen LogP contribution in [0.4, 0.5) is 11.4 Å². The Labute approximate surface area is 236 Å². The number of imide groups is 1. The molecule has 3 aliphatic heterocycles. The van der Waals surface area contributed by atoms with Crippen molar-refractivity contribution in [3.63, 3.8) is 0 Å². The van der Waals surface area contributed by atoms with E-state index in [9.17, 15) is 19.2 Å². The van der Waals surface area contributed by atoms with Gasteiger partial charge in [-0.05, 0) is 54.8 Å². The van der Waals surface area contributed by atoms with Crippen molar-refractivity contribution in [3.05, 3.63) is 94.5 Å². The number of carbonyl (C=O) groups excluding carboxylic acids is 3. The number of rotatable bonds is 4. The van der Waals surface area contributed by atoms with Crippen LogP contribution in [-0.4, -0.2) is 33.3 Å². The van der Waals surface area contributed by atoms with E-state index in [-0.39, 0.29) is 35.2 Å². The quantitative estimate of drug-likeness (QED) is 0.377. The van der Waals surface area contributed by atoms with E-state index in [0.717, 1.165) is 5.56 Å². The fourth-order valence-electron chi connectivity index (χ4n) is 7.08.